The summed E-state index contributed by atoms with van der Waals surface area (Å²) >= 11 is 12.5. The molecule has 0 saturated carbocycles. The van der Waals surface area contributed by atoms with Gasteiger partial charge in [-0.3, -0.25) is 4.79 Å². The Balaban J connectivity index is 2.13. The highest BCUT2D eigenvalue weighted by Gasteiger charge is 2.35. The quantitative estimate of drug-likeness (QED) is 0.662. The number of hydrogen-bond acceptors (Lipinski definition) is 4. The summed E-state index contributed by atoms with van der Waals surface area (Å²) in [5.74, 6) is -0.512. The minimum atomic E-state index is -0.775. The molecule has 5 nitrogen and oxygen atoms in total. The summed E-state index contributed by atoms with van der Waals surface area (Å²) in [7, 11) is 0. The zero-order chi connectivity index (χ0) is 18.4. The van der Waals surface area contributed by atoms with Crippen LogP contribution in [0.5, 0.6) is 5.75 Å². The van der Waals surface area contributed by atoms with Crippen LogP contribution in [-0.2, 0) is 0 Å². The minimum absolute atomic E-state index is 0.0585. The van der Waals surface area contributed by atoms with Crippen molar-refractivity contribution < 1.29 is 4.74 Å². The number of ether oxygens (including phenoxy) is 1. The second-order valence-electron chi connectivity index (χ2n) is 5.81. The lowest BCUT2D eigenvalue weighted by molar-refractivity contribution is 0.397. The second-order valence-corrected chi connectivity index (χ2v) is 6.60. The molecular weight excluding hydrogens is 373 g/mol. The third-order valence-corrected chi connectivity index (χ3v) is 5.21. The summed E-state index contributed by atoms with van der Waals surface area (Å²) in [6, 6.07) is 14.3. The first-order valence-corrected chi connectivity index (χ1v) is 8.45. The molecule has 128 valence electrons. The molecule has 0 unspecified atom stereocenters. The van der Waals surface area contributed by atoms with Crippen molar-refractivity contribution in [2.75, 3.05) is 0 Å². The first-order valence-electron chi connectivity index (χ1n) is 7.69. The van der Waals surface area contributed by atoms with Crippen LogP contribution in [0.3, 0.4) is 0 Å². The van der Waals surface area contributed by atoms with Crippen molar-refractivity contribution in [1.29, 1.82) is 5.26 Å². The van der Waals surface area contributed by atoms with E-state index in [1.54, 1.807) is 30.3 Å². The van der Waals surface area contributed by atoms with Crippen molar-refractivity contribution >= 4 is 34.1 Å². The molecule has 0 fully saturated rings. The Hall–Kier alpha value is -2.94. The fourth-order valence-electron chi connectivity index (χ4n) is 3.23. The molecule has 1 atom stereocenters. The molecule has 4 rings (SSSR count). The fraction of sp³-hybridized carbons (Fsp3) is 0.0526. The third-order valence-electron chi connectivity index (χ3n) is 4.38. The lowest BCUT2D eigenvalue weighted by Gasteiger charge is -2.27. The number of fused-ring (bicyclic) bond motifs is 3. The highest BCUT2D eigenvalue weighted by Crippen LogP contribution is 2.45. The summed E-state index contributed by atoms with van der Waals surface area (Å²) in [4.78, 5) is 15.7. The van der Waals surface area contributed by atoms with Gasteiger partial charge in [-0.2, -0.15) is 5.26 Å². The van der Waals surface area contributed by atoms with E-state index in [1.807, 2.05) is 18.2 Å². The van der Waals surface area contributed by atoms with E-state index < -0.39 is 5.92 Å². The van der Waals surface area contributed by atoms with E-state index in [0.29, 0.717) is 27.2 Å². The molecule has 3 N–H and O–H groups in total. The molecule has 0 amide bonds. The molecule has 1 aliphatic heterocycles. The maximum atomic E-state index is 12.8. The van der Waals surface area contributed by atoms with E-state index in [-0.39, 0.29) is 27.6 Å². The number of rotatable bonds is 1. The van der Waals surface area contributed by atoms with Crippen molar-refractivity contribution in [2.24, 2.45) is 5.73 Å². The van der Waals surface area contributed by atoms with Gasteiger partial charge in [-0.1, -0.05) is 47.5 Å². The van der Waals surface area contributed by atoms with E-state index >= 15 is 0 Å². The molecule has 7 heteroatoms. The van der Waals surface area contributed by atoms with Crippen LogP contribution >= 0.6 is 23.2 Å². The van der Waals surface area contributed by atoms with E-state index in [1.165, 1.54) is 0 Å². The zero-order valence-corrected chi connectivity index (χ0v) is 14.7. The number of benzene rings is 2. The van der Waals surface area contributed by atoms with Crippen LogP contribution in [0.25, 0.3) is 10.9 Å². The molecule has 3 aromatic rings. The van der Waals surface area contributed by atoms with Gasteiger partial charge in [-0.15, -0.1) is 0 Å². The first kappa shape index (κ1) is 16.5. The Morgan fingerprint density at radius 2 is 1.92 bits per heavy atom. The highest BCUT2D eigenvalue weighted by molar-refractivity contribution is 6.42. The molecule has 2 heterocycles. The SMILES string of the molecule is N#CC1=C(N)Oc2c(c(=O)[nH]c3ccccc23)[C@@H]1c1cccc(Cl)c1Cl. The standard InChI is InChI=1S/C19H11Cl2N3O2/c20-12-6-3-5-10(16(12)21)14-11(8-22)18(23)26-17-9-4-1-2-7-13(9)24-19(25)15(14)17/h1-7,14H,23H2,(H,24,25)/t14-/m1/s1. The average molecular weight is 384 g/mol. The van der Waals surface area contributed by atoms with Gasteiger partial charge < -0.3 is 15.5 Å². The van der Waals surface area contributed by atoms with Gasteiger partial charge in [-0.05, 0) is 23.8 Å². The molecule has 2 aromatic carbocycles. The van der Waals surface area contributed by atoms with E-state index in [4.69, 9.17) is 33.7 Å². The molecule has 1 aromatic heterocycles. The van der Waals surface area contributed by atoms with Gasteiger partial charge in [0, 0.05) is 5.39 Å². The van der Waals surface area contributed by atoms with Gasteiger partial charge in [0.1, 0.15) is 17.4 Å². The Morgan fingerprint density at radius 3 is 2.69 bits per heavy atom. The van der Waals surface area contributed by atoms with Crippen molar-refractivity contribution in [1.82, 2.24) is 4.98 Å². The van der Waals surface area contributed by atoms with Crippen LogP contribution in [0.2, 0.25) is 10.0 Å². The summed E-state index contributed by atoms with van der Waals surface area (Å²) in [6.45, 7) is 0. The molecule has 0 aliphatic carbocycles. The third kappa shape index (κ3) is 2.35. The van der Waals surface area contributed by atoms with Crippen LogP contribution in [0, 0.1) is 11.3 Å². The maximum Gasteiger partial charge on any atom is 0.256 e. The Morgan fingerprint density at radius 1 is 1.15 bits per heavy atom. The van der Waals surface area contributed by atoms with Crippen molar-refractivity contribution in [3.63, 3.8) is 0 Å². The summed E-state index contributed by atoms with van der Waals surface area (Å²) in [5.41, 5.74) is 7.15. The summed E-state index contributed by atoms with van der Waals surface area (Å²) < 4.78 is 5.69. The Kier molecular flexibility index (Phi) is 3.87. The number of nitriles is 1. The van der Waals surface area contributed by atoms with Crippen LogP contribution < -0.4 is 16.0 Å². The number of H-pyrrole nitrogens is 1. The molecule has 1 aliphatic rings. The molecular formula is C19H11Cl2N3O2. The minimum Gasteiger partial charge on any atom is -0.439 e. The average Bonchev–Trinajstić information content (AvgIpc) is 2.63. The predicted molar refractivity (Wildman–Crippen MR) is 100 cm³/mol. The monoisotopic (exact) mass is 383 g/mol. The maximum absolute atomic E-state index is 12.8. The molecule has 26 heavy (non-hydrogen) atoms. The van der Waals surface area contributed by atoms with Crippen molar-refractivity contribution in [2.45, 2.75) is 5.92 Å². The van der Waals surface area contributed by atoms with E-state index in [0.717, 1.165) is 0 Å². The number of nitrogens with zero attached hydrogens (tertiary/aromatic N) is 1. The predicted octanol–water partition coefficient (Wildman–Crippen LogP) is 4.05. The molecule has 0 bridgehead atoms. The number of nitrogens with two attached hydrogens (primary N) is 1. The summed E-state index contributed by atoms with van der Waals surface area (Å²) in [5, 5.41) is 10.9. The number of nitrogens with one attached hydrogen (secondary N) is 1. The topological polar surface area (TPSA) is 91.9 Å². The number of hydrogen-bond donors (Lipinski definition) is 2. The van der Waals surface area contributed by atoms with Gasteiger partial charge in [-0.25, -0.2) is 0 Å². The molecule has 0 saturated heterocycles. The van der Waals surface area contributed by atoms with Gasteiger partial charge in [0.05, 0.1) is 27.0 Å². The van der Waals surface area contributed by atoms with Crippen LogP contribution in [0.1, 0.15) is 17.0 Å². The smallest absolute Gasteiger partial charge is 0.256 e. The largest absolute Gasteiger partial charge is 0.439 e. The van der Waals surface area contributed by atoms with Gasteiger partial charge in [0.25, 0.3) is 5.56 Å². The fourth-order valence-corrected chi connectivity index (χ4v) is 3.64. The molecule has 0 spiro atoms. The van der Waals surface area contributed by atoms with Gasteiger partial charge in [0.15, 0.2) is 0 Å². The number of halogens is 2. The zero-order valence-electron chi connectivity index (χ0n) is 13.2. The van der Waals surface area contributed by atoms with Crippen LogP contribution in [-0.4, -0.2) is 4.98 Å². The summed E-state index contributed by atoms with van der Waals surface area (Å²) in [6.07, 6.45) is 0. The van der Waals surface area contributed by atoms with E-state index in [9.17, 15) is 10.1 Å². The number of para-hydroxylation sites is 1. The van der Waals surface area contributed by atoms with Gasteiger partial charge in [0.2, 0.25) is 5.88 Å². The van der Waals surface area contributed by atoms with Crippen molar-refractivity contribution in [3.8, 4) is 11.8 Å². The van der Waals surface area contributed by atoms with Crippen molar-refractivity contribution in [3.05, 3.63) is 85.4 Å². The first-order chi connectivity index (χ1) is 12.5. The Bertz CT molecular complexity index is 1190. The lowest BCUT2D eigenvalue weighted by atomic mass is 9.83. The van der Waals surface area contributed by atoms with Crippen LogP contribution in [0.15, 0.2) is 58.7 Å². The second kappa shape index (κ2) is 6.10. The lowest BCUT2D eigenvalue weighted by Crippen LogP contribution is -2.28. The van der Waals surface area contributed by atoms with E-state index in [2.05, 4.69) is 4.98 Å². The number of allylic oxidation sites excluding steroid dienone is 1. The highest BCUT2D eigenvalue weighted by atomic mass is 35.5. The molecule has 0 radical (unpaired) electrons. The van der Waals surface area contributed by atoms with Gasteiger partial charge >= 0.3 is 0 Å². The Labute approximate surface area is 158 Å². The number of pyridine rings is 1. The van der Waals surface area contributed by atoms with Crippen LogP contribution in [0.4, 0.5) is 0 Å². The normalized spacial score (nSPS) is 16.1. The number of aromatic amines is 1. The number of aromatic nitrogens is 1.